The highest BCUT2D eigenvalue weighted by atomic mass is 35.5. The van der Waals surface area contributed by atoms with Gasteiger partial charge in [0.1, 0.15) is 6.04 Å². The molecule has 0 fully saturated rings. The van der Waals surface area contributed by atoms with Crippen molar-refractivity contribution in [2.75, 3.05) is 5.32 Å². The molecule has 1 heterocycles. The molecule has 1 aliphatic heterocycles. The Labute approximate surface area is 197 Å². The lowest BCUT2D eigenvalue weighted by Crippen LogP contribution is -2.40. The minimum Gasteiger partial charge on any atom is -0.323 e. The van der Waals surface area contributed by atoms with E-state index in [9.17, 15) is 9.59 Å². The minimum atomic E-state index is -0.849. The number of benzene rings is 3. The smallest absolute Gasteiger partial charge is 0.257 e. The maximum Gasteiger partial charge on any atom is 0.257 e. The number of carbonyl (C=O) groups excluding carboxylic acids is 2. The van der Waals surface area contributed by atoms with Crippen LogP contribution in [-0.4, -0.2) is 16.7 Å². The van der Waals surface area contributed by atoms with Crippen molar-refractivity contribution in [2.24, 2.45) is 0 Å². The van der Waals surface area contributed by atoms with E-state index in [-0.39, 0.29) is 11.8 Å². The number of rotatable bonds is 3. The predicted octanol–water partition coefficient (Wildman–Crippen LogP) is 6.26. The van der Waals surface area contributed by atoms with E-state index in [1.165, 1.54) is 0 Å². The van der Waals surface area contributed by atoms with E-state index in [1.54, 1.807) is 66.4 Å². The number of fused-ring (bicyclic) bond motifs is 1. The van der Waals surface area contributed by atoms with Gasteiger partial charge in [-0.25, -0.2) is 0 Å². The fourth-order valence-electron chi connectivity index (χ4n) is 3.89. The average Bonchev–Trinajstić information content (AvgIpc) is 2.89. The summed E-state index contributed by atoms with van der Waals surface area (Å²) in [6.45, 7) is 3.64. The standard InChI is InChI=1S/C26H20Cl2N2O2/c1-3-4-17-5-14-23-22(15-17)26(32)30(16(2)18-6-10-20(27)11-7-18)24(25(31)29-23)19-8-12-21(28)13-9-19/h5-16,24H,1-2H3,(H,29,31)/t16-,24?/m1/s1. The molecule has 4 nitrogen and oxygen atoms in total. The van der Waals surface area contributed by atoms with Gasteiger partial charge in [-0.2, -0.15) is 0 Å². The third-order valence-corrected chi connectivity index (χ3v) is 6.00. The van der Waals surface area contributed by atoms with Crippen LogP contribution >= 0.6 is 23.2 Å². The van der Waals surface area contributed by atoms with Crippen molar-refractivity contribution in [1.29, 1.82) is 0 Å². The second kappa shape index (κ2) is 9.08. The fourth-order valence-corrected chi connectivity index (χ4v) is 4.15. The molecule has 0 aromatic heterocycles. The van der Waals surface area contributed by atoms with E-state index < -0.39 is 12.1 Å². The highest BCUT2D eigenvalue weighted by molar-refractivity contribution is 6.30. The average molecular weight is 463 g/mol. The monoisotopic (exact) mass is 462 g/mol. The molecule has 32 heavy (non-hydrogen) atoms. The molecule has 0 aliphatic carbocycles. The summed E-state index contributed by atoms with van der Waals surface area (Å²) in [6, 6.07) is 18.2. The fraction of sp³-hybridized carbons (Fsp3) is 0.154. The SMILES string of the molecule is CC#Cc1ccc2c(c1)C(=O)N([C@H](C)c1ccc(Cl)cc1)C(c1ccc(Cl)cc1)C(=O)N2. The number of carbonyl (C=O) groups is 2. The Morgan fingerprint density at radius 3 is 2.19 bits per heavy atom. The van der Waals surface area contributed by atoms with Crippen molar-refractivity contribution >= 4 is 40.7 Å². The summed E-state index contributed by atoms with van der Waals surface area (Å²) in [5.41, 5.74) is 3.10. The van der Waals surface area contributed by atoms with Gasteiger partial charge in [-0.15, -0.1) is 5.92 Å². The Bertz CT molecular complexity index is 1240. The summed E-state index contributed by atoms with van der Waals surface area (Å²) in [6.07, 6.45) is 0. The molecule has 0 spiro atoms. The molecule has 4 rings (SSSR count). The van der Waals surface area contributed by atoms with Crippen LogP contribution in [-0.2, 0) is 4.79 Å². The van der Waals surface area contributed by atoms with Crippen LogP contribution in [0.1, 0.15) is 53.0 Å². The normalized spacial score (nSPS) is 16.4. The largest absolute Gasteiger partial charge is 0.323 e. The van der Waals surface area contributed by atoms with Gasteiger partial charge in [0.15, 0.2) is 0 Å². The first-order valence-corrected chi connectivity index (χ1v) is 10.9. The maximum atomic E-state index is 13.9. The molecule has 2 amide bonds. The Morgan fingerprint density at radius 1 is 0.938 bits per heavy atom. The van der Waals surface area contributed by atoms with Crippen LogP contribution in [0.25, 0.3) is 0 Å². The number of nitrogens with one attached hydrogen (secondary N) is 1. The first-order chi connectivity index (χ1) is 15.4. The second-order valence-electron chi connectivity index (χ2n) is 7.52. The number of amides is 2. The van der Waals surface area contributed by atoms with Crippen LogP contribution in [0.4, 0.5) is 5.69 Å². The summed E-state index contributed by atoms with van der Waals surface area (Å²) in [5, 5.41) is 4.08. The van der Waals surface area contributed by atoms with E-state index in [2.05, 4.69) is 17.2 Å². The molecule has 0 saturated carbocycles. The quantitative estimate of drug-likeness (QED) is 0.466. The molecule has 0 saturated heterocycles. The van der Waals surface area contributed by atoms with Gasteiger partial charge in [-0.1, -0.05) is 53.4 Å². The number of hydrogen-bond acceptors (Lipinski definition) is 2. The molecular weight excluding hydrogens is 443 g/mol. The first kappa shape index (κ1) is 22.0. The van der Waals surface area contributed by atoms with Crippen LogP contribution in [0.5, 0.6) is 0 Å². The Hall–Kier alpha value is -3.26. The summed E-state index contributed by atoms with van der Waals surface area (Å²) in [4.78, 5) is 28.9. The highest BCUT2D eigenvalue weighted by Crippen LogP contribution is 2.38. The van der Waals surface area contributed by atoms with Crippen LogP contribution in [0.2, 0.25) is 10.0 Å². The number of halogens is 2. The third kappa shape index (κ3) is 4.23. The molecule has 0 bridgehead atoms. The Morgan fingerprint density at radius 2 is 1.56 bits per heavy atom. The van der Waals surface area contributed by atoms with Crippen molar-refractivity contribution in [3.05, 3.63) is 99.0 Å². The topological polar surface area (TPSA) is 49.4 Å². The molecule has 1 N–H and O–H groups in total. The zero-order valence-corrected chi connectivity index (χ0v) is 19.0. The zero-order valence-electron chi connectivity index (χ0n) is 17.5. The molecule has 1 aliphatic rings. The van der Waals surface area contributed by atoms with Gasteiger partial charge in [-0.05, 0) is 67.4 Å². The summed E-state index contributed by atoms with van der Waals surface area (Å²) in [7, 11) is 0. The zero-order chi connectivity index (χ0) is 22.8. The minimum absolute atomic E-state index is 0.263. The lowest BCUT2D eigenvalue weighted by Gasteiger charge is -2.34. The summed E-state index contributed by atoms with van der Waals surface area (Å²) >= 11 is 12.1. The van der Waals surface area contributed by atoms with Gasteiger partial charge in [0.05, 0.1) is 17.3 Å². The van der Waals surface area contributed by atoms with Crippen molar-refractivity contribution in [2.45, 2.75) is 25.9 Å². The molecule has 1 unspecified atom stereocenters. The second-order valence-corrected chi connectivity index (χ2v) is 8.39. The molecule has 160 valence electrons. The lowest BCUT2D eigenvalue weighted by molar-refractivity contribution is -0.121. The number of anilines is 1. The van der Waals surface area contributed by atoms with Crippen LogP contribution < -0.4 is 5.32 Å². The Balaban J connectivity index is 1.89. The molecule has 3 aromatic carbocycles. The van der Waals surface area contributed by atoms with Gasteiger partial charge in [-0.3, -0.25) is 9.59 Å². The van der Waals surface area contributed by atoms with Crippen LogP contribution in [0.3, 0.4) is 0 Å². The summed E-state index contributed by atoms with van der Waals surface area (Å²) in [5.74, 6) is 5.27. The van der Waals surface area contributed by atoms with Crippen LogP contribution in [0.15, 0.2) is 66.7 Å². The molecule has 6 heteroatoms. The molecule has 0 radical (unpaired) electrons. The van der Waals surface area contributed by atoms with E-state index in [4.69, 9.17) is 23.2 Å². The van der Waals surface area contributed by atoms with E-state index in [0.29, 0.717) is 32.4 Å². The lowest BCUT2D eigenvalue weighted by atomic mass is 9.98. The predicted molar refractivity (Wildman–Crippen MR) is 128 cm³/mol. The molecular formula is C26H20Cl2N2O2. The third-order valence-electron chi connectivity index (χ3n) is 5.49. The van der Waals surface area contributed by atoms with Gasteiger partial charge < -0.3 is 10.2 Å². The van der Waals surface area contributed by atoms with E-state index in [0.717, 1.165) is 5.56 Å². The molecule has 2 atom stereocenters. The Kier molecular flexibility index (Phi) is 6.23. The maximum absolute atomic E-state index is 13.9. The molecule has 3 aromatic rings. The van der Waals surface area contributed by atoms with Crippen molar-refractivity contribution < 1.29 is 9.59 Å². The van der Waals surface area contributed by atoms with Gasteiger partial charge >= 0.3 is 0 Å². The van der Waals surface area contributed by atoms with Gasteiger partial charge in [0.25, 0.3) is 11.8 Å². The van der Waals surface area contributed by atoms with Crippen LogP contribution in [0, 0.1) is 11.8 Å². The van der Waals surface area contributed by atoms with E-state index in [1.807, 2.05) is 19.1 Å². The summed E-state index contributed by atoms with van der Waals surface area (Å²) < 4.78 is 0. The van der Waals surface area contributed by atoms with Gasteiger partial charge in [0.2, 0.25) is 0 Å². The first-order valence-electron chi connectivity index (χ1n) is 10.1. The van der Waals surface area contributed by atoms with Crippen molar-refractivity contribution in [3.63, 3.8) is 0 Å². The van der Waals surface area contributed by atoms with Crippen molar-refractivity contribution in [1.82, 2.24) is 4.90 Å². The van der Waals surface area contributed by atoms with Gasteiger partial charge in [0, 0.05) is 15.6 Å². The number of nitrogens with zero attached hydrogens (tertiary/aromatic N) is 1. The van der Waals surface area contributed by atoms with E-state index >= 15 is 0 Å². The number of hydrogen-bond donors (Lipinski definition) is 1. The van der Waals surface area contributed by atoms with Crippen molar-refractivity contribution in [3.8, 4) is 11.8 Å². The highest BCUT2D eigenvalue weighted by Gasteiger charge is 2.39.